The third kappa shape index (κ3) is 52.1. The number of aromatic nitrogens is 8. The minimum atomic E-state index is -5.56. The Morgan fingerprint density at radius 1 is 0.581 bits per heavy atom. The molecule has 0 unspecified atom stereocenters. The van der Waals surface area contributed by atoms with Gasteiger partial charge in [0.1, 0.15) is 11.1 Å². The Morgan fingerprint density at radius 3 is 1.27 bits per heavy atom. The zero-order valence-electron chi connectivity index (χ0n) is 84.0. The molecule has 0 amide bonds. The summed E-state index contributed by atoms with van der Waals surface area (Å²) >= 11 is 5.52. The monoisotopic (exact) mass is 2060 g/mol. The number of alkyl halides is 4. The smallest absolute Gasteiger partial charge is 0.480 e. The van der Waals surface area contributed by atoms with Gasteiger partial charge < -0.3 is 49.5 Å². The van der Waals surface area contributed by atoms with Crippen molar-refractivity contribution in [2.24, 2.45) is 21.9 Å². The molecule has 35 nitrogen and oxygen atoms in total. The van der Waals surface area contributed by atoms with Crippen LogP contribution in [-0.4, -0.2) is 198 Å². The molecule has 0 saturated carbocycles. The number of esters is 2. The molecule has 2 aliphatic rings. The Balaban J connectivity index is -0.00000153. The number of aliphatic hydroxyl groups is 2. The molecule has 5 aromatic rings. The van der Waals surface area contributed by atoms with Crippen LogP contribution in [0.25, 0.3) is 0 Å². The van der Waals surface area contributed by atoms with E-state index in [2.05, 4.69) is 160 Å². The van der Waals surface area contributed by atoms with Crippen molar-refractivity contribution in [1.82, 2.24) is 44.0 Å². The SMILES string of the molecule is CC(C)(C)[Si](C)(C)OCC/C=C\CCl.CC(C)(C)[Si](C)(C)OCC/C=C\CO.CC(N)=NC/C=C\CC[C@@](C)(N)C(=O)O.Cc1noc(=O)n1C/C=C\CCO.Cc1noc(=O)n1C/C=C\CCOS(=O)(=O)C(F)(F)F.Cc1noc(=O)n1C/C=C\CCO[Si](C)(C)C(C)(C)C.Cc1noc(=O)n1C/C=C\CC[C@@]1(C)C(=O)O[C@H](C(C)(C)C)N1OCc1ccccc1.Cl.Cl.O=C1C=CCCO1. The van der Waals surface area contributed by atoms with Gasteiger partial charge in [0.25, 0.3) is 0 Å². The molecule has 45 heteroatoms. The summed E-state index contributed by atoms with van der Waals surface area (Å²) in [4.78, 5) is 88.7. The highest BCUT2D eigenvalue weighted by Crippen LogP contribution is 2.42. The molecule has 3 atom stereocenters. The van der Waals surface area contributed by atoms with Crippen molar-refractivity contribution >= 4 is 95.2 Å². The highest BCUT2D eigenvalue weighted by atomic mass is 35.5. The van der Waals surface area contributed by atoms with E-state index >= 15 is 0 Å². The molecule has 0 radical (unpaired) electrons. The fraction of sp³-hybridized carbons (Fsp3) is 0.626. The zero-order chi connectivity index (χ0) is 103. The number of aryl methyl sites for hydroxylation is 4. The molecule has 776 valence electrons. The number of aliphatic carboxylic acids is 1. The van der Waals surface area contributed by atoms with E-state index in [0.29, 0.717) is 112 Å². The summed E-state index contributed by atoms with van der Waals surface area (Å²) in [6.07, 6.45) is 34.8. The number of aliphatic imine (C=N–C) groups is 1. The number of aliphatic hydroxyl groups excluding tert-OH is 2. The second-order valence-electron chi connectivity index (χ2n) is 36.9. The summed E-state index contributed by atoms with van der Waals surface area (Å²) in [6, 6.07) is 9.84. The molecule has 7 N–H and O–H groups in total. The van der Waals surface area contributed by atoms with E-state index in [1.165, 1.54) is 50.3 Å². The number of hydroxylamine groups is 2. The molecule has 0 spiro atoms. The van der Waals surface area contributed by atoms with Crippen LogP contribution in [0.15, 0.2) is 170 Å². The number of hydrogen-bond acceptors (Lipinski definition) is 29. The molecule has 7 rings (SSSR count). The van der Waals surface area contributed by atoms with Gasteiger partial charge in [0.15, 0.2) is 54.5 Å². The summed E-state index contributed by atoms with van der Waals surface area (Å²) in [5.74, 6) is -0.353. The maximum absolute atomic E-state index is 12.9. The molecule has 4 aromatic heterocycles. The fourth-order valence-corrected chi connectivity index (χ4v) is 13.6. The number of nitrogens with two attached hydrogens (primary N) is 2. The Hall–Kier alpha value is -8.32. The maximum Gasteiger partial charge on any atom is 0.523 e. The summed E-state index contributed by atoms with van der Waals surface area (Å²) in [7, 11) is -10.3. The lowest BCUT2D eigenvalue weighted by Crippen LogP contribution is -2.51. The lowest BCUT2D eigenvalue weighted by molar-refractivity contribution is -0.270. The van der Waals surface area contributed by atoms with Crippen LogP contribution in [0.1, 0.15) is 197 Å². The van der Waals surface area contributed by atoms with E-state index in [1.54, 1.807) is 51.0 Å². The predicted molar refractivity (Wildman–Crippen MR) is 535 cm³/mol. The minimum Gasteiger partial charge on any atom is -0.480 e. The highest BCUT2D eigenvalue weighted by Gasteiger charge is 2.56. The van der Waals surface area contributed by atoms with Gasteiger partial charge in [-0.1, -0.05) is 225 Å². The van der Waals surface area contributed by atoms with Gasteiger partial charge in [-0.25, -0.2) is 28.8 Å². The molecule has 0 bridgehead atoms. The molecule has 0 aliphatic carbocycles. The molecular formula is C91H154Cl3F3N12O23SSi3. The third-order valence-electron chi connectivity index (χ3n) is 21.4. The molecule has 1 aromatic carbocycles. The second-order valence-corrected chi connectivity index (χ2v) is 53.2. The number of ether oxygens (including phenoxy) is 2. The lowest BCUT2D eigenvalue weighted by atomic mass is 9.91. The van der Waals surface area contributed by atoms with Gasteiger partial charge in [-0.05, 0) is 166 Å². The van der Waals surface area contributed by atoms with Crippen molar-refractivity contribution < 1.29 is 101 Å². The summed E-state index contributed by atoms with van der Waals surface area (Å²) < 4.78 is 112. The van der Waals surface area contributed by atoms with Crippen LogP contribution in [0.3, 0.4) is 0 Å². The van der Waals surface area contributed by atoms with Crippen molar-refractivity contribution in [2.45, 2.75) is 306 Å². The first-order valence-electron chi connectivity index (χ1n) is 44.2. The number of hydrogen-bond donors (Lipinski definition) is 5. The third-order valence-corrected chi connectivity index (χ3v) is 36.2. The van der Waals surface area contributed by atoms with E-state index in [1.807, 2.05) is 113 Å². The van der Waals surface area contributed by atoms with Crippen LogP contribution in [-0.2, 0) is 89.1 Å². The first kappa shape index (κ1) is 132. The Morgan fingerprint density at radius 2 is 0.956 bits per heavy atom. The molecule has 1 saturated heterocycles. The average Bonchev–Trinajstić information content (AvgIpc) is 1.60. The van der Waals surface area contributed by atoms with E-state index in [-0.39, 0.29) is 78.4 Å². The van der Waals surface area contributed by atoms with E-state index in [0.717, 1.165) is 51.1 Å². The number of carboxylic acid groups (broad SMARTS) is 1. The van der Waals surface area contributed by atoms with Crippen LogP contribution >= 0.6 is 36.4 Å². The fourth-order valence-electron chi connectivity index (χ4n) is 9.89. The lowest BCUT2D eigenvalue weighted by Gasteiger charge is -2.37. The number of carboxylic acids is 1. The number of benzene rings is 1. The van der Waals surface area contributed by atoms with Gasteiger partial charge in [-0.15, -0.1) is 41.5 Å². The van der Waals surface area contributed by atoms with Crippen LogP contribution in [0, 0.1) is 33.1 Å². The van der Waals surface area contributed by atoms with Crippen molar-refractivity contribution in [3.63, 3.8) is 0 Å². The van der Waals surface area contributed by atoms with Crippen LogP contribution in [0.2, 0.25) is 54.4 Å². The molecular weight excluding hydrogens is 1910 g/mol. The minimum absolute atomic E-state index is 0. The number of halogens is 6. The second kappa shape index (κ2) is 64.8. The van der Waals surface area contributed by atoms with Crippen molar-refractivity contribution in [2.75, 3.05) is 58.7 Å². The number of amidine groups is 1. The van der Waals surface area contributed by atoms with Gasteiger partial charge in [-0.2, -0.15) is 21.6 Å². The highest BCUT2D eigenvalue weighted by molar-refractivity contribution is 7.87. The molecule has 136 heavy (non-hydrogen) atoms. The van der Waals surface area contributed by atoms with Crippen LogP contribution in [0.5, 0.6) is 0 Å². The van der Waals surface area contributed by atoms with Gasteiger partial charge in [0.2, 0.25) is 0 Å². The summed E-state index contributed by atoms with van der Waals surface area (Å²) in [5.41, 5.74) is 4.09. The maximum atomic E-state index is 12.9. The number of nitrogens with zero attached hydrogens (tertiary/aromatic N) is 10. The van der Waals surface area contributed by atoms with E-state index in [9.17, 15) is 55.2 Å². The van der Waals surface area contributed by atoms with Crippen LogP contribution in [0.4, 0.5) is 13.2 Å². The number of carbonyl (C=O) groups is 3. The van der Waals surface area contributed by atoms with E-state index < -0.39 is 93.5 Å². The van der Waals surface area contributed by atoms with Crippen molar-refractivity contribution in [3.8, 4) is 0 Å². The van der Waals surface area contributed by atoms with Crippen LogP contribution < -0.4 is 34.5 Å². The topological polar surface area (TPSA) is 470 Å². The molecule has 1 fully saturated rings. The number of cyclic esters (lactones) is 2. The normalized spacial score (nSPS) is 15.7. The first-order chi connectivity index (χ1) is 62.1. The van der Waals surface area contributed by atoms with Crippen molar-refractivity contribution in [1.29, 1.82) is 0 Å². The number of carbonyl (C=O) groups excluding carboxylic acids is 2. The van der Waals surface area contributed by atoms with Gasteiger partial charge in [0, 0.05) is 76.4 Å². The zero-order valence-corrected chi connectivity index (χ0v) is 90.2. The molecule has 6 heterocycles. The number of allylic oxidation sites excluding steroid dienone is 7. The quantitative estimate of drug-likeness (QED) is 0.00280. The van der Waals surface area contributed by atoms with Gasteiger partial charge >= 0.3 is 56.6 Å². The molecule has 2 aliphatic heterocycles. The average molecular weight is 2060 g/mol. The number of rotatable bonds is 40. The predicted octanol–water partition coefficient (Wildman–Crippen LogP) is 16.7. The standard InChI is InChI=1S/C23H31N3O5.C14H26N2O3Si.C11H23ClOSi.C11H24O2Si.C10H19N3O2.C9H11F3N2O5S.C8H12N2O3.C5H6O2.2ClH/c1-17-24-31-21(28)25(17)15-11-7-10-14-23(5)20(27)30-19(22(2,3)4)26(23)29-16-18-12-8-6-9-13-18;1-12-15-19-13(17)16(12)10-8-7-9-11-18-20(5,6)14(2,3)4;2*1-11(2,3)14(4,5)13-10-8-6-7-9-12;1-8(11)13-7-5-3-4-6-10(2,12)9(14)15;1-7-13-19-8(15)14(7)5-3-2-4-6-18-20(16,17)9(10,11)12;1-7-9-13-8(12)10(7)5-3-2-4-6-11;6-5-3-1-2-4-7-5;;/h6-9,11-13,19H,10,14-16H2,1-5H3;7-8H,9-11H2,1-6H3;6-7H,8-10H2,1-5H3;6-7,12H,8-10H2,1-5H3;3,5H,4,6-7,12H2,1-2H3,(H2,11,13)(H,14,15);2-3H,4-6H2,1H3;2-3,11H,4-6H2,1H3;1,3H,2,4H2;2*1H/b11-7-;8-7-;2*7-6-;5-3-;2*3-2-;;;/t19-,23+;;;;10-;;;;;/m1...1...../s1. The first-order valence-corrected chi connectivity index (χ1v) is 54.8. The summed E-state index contributed by atoms with van der Waals surface area (Å²) in [6.45, 7) is 56.3. The summed E-state index contributed by atoms with van der Waals surface area (Å²) in [5, 5.41) is 42.5. The largest absolute Gasteiger partial charge is 0.523 e. The Labute approximate surface area is 820 Å². The van der Waals surface area contributed by atoms with Crippen molar-refractivity contribution in [3.05, 3.63) is 199 Å². The van der Waals surface area contributed by atoms with Gasteiger partial charge in [-0.3, -0.25) is 55.2 Å². The van der Waals surface area contributed by atoms with Gasteiger partial charge in [0.05, 0.1) is 38.8 Å². The van der Waals surface area contributed by atoms with E-state index in [4.69, 9.17) is 61.2 Å². The Kier molecular flexibility index (Phi) is 62.8. The Bertz CT molecular complexity index is 4860.